The van der Waals surface area contributed by atoms with Crippen molar-refractivity contribution in [1.82, 2.24) is 4.72 Å². The summed E-state index contributed by atoms with van der Waals surface area (Å²) in [6.07, 6.45) is 12.7. The molecule has 0 aromatic carbocycles. The molecule has 0 aliphatic heterocycles. The molecule has 1 unspecified atom stereocenters. The Morgan fingerprint density at radius 3 is 1.74 bits per heavy atom. The molecule has 0 aromatic rings. The van der Waals surface area contributed by atoms with Gasteiger partial charge in [-0.15, -0.1) is 0 Å². The van der Waals surface area contributed by atoms with Gasteiger partial charge in [-0.25, -0.2) is 8.42 Å². The zero-order valence-electron chi connectivity index (χ0n) is 15.5. The monoisotopic (exact) mass is 349 g/mol. The van der Waals surface area contributed by atoms with Crippen LogP contribution >= 0.6 is 0 Å². The molecule has 0 rings (SSSR count). The molecule has 23 heavy (non-hydrogen) atoms. The number of nitrogens with one attached hydrogen (secondary N) is 1. The van der Waals surface area contributed by atoms with Crippen LogP contribution in [0.3, 0.4) is 0 Å². The van der Waals surface area contributed by atoms with E-state index in [0.717, 1.165) is 32.1 Å². The highest BCUT2D eigenvalue weighted by atomic mass is 32.2. The Bertz CT molecular complexity index is 357. The number of hydrogen-bond acceptors (Lipinski definition) is 3. The molecule has 0 spiro atoms. The van der Waals surface area contributed by atoms with Crippen LogP contribution in [0, 0.1) is 0 Å². The van der Waals surface area contributed by atoms with E-state index in [1.54, 1.807) is 6.92 Å². The SMILES string of the molecule is CCCCCCCCC(C)S(=O)(=O)N[C@H](O)CCCCCCC. The second-order valence-electron chi connectivity index (χ2n) is 6.75. The molecule has 2 N–H and O–H groups in total. The van der Waals surface area contributed by atoms with Crippen molar-refractivity contribution in [3.05, 3.63) is 0 Å². The molecule has 0 radical (unpaired) electrons. The van der Waals surface area contributed by atoms with Crippen molar-refractivity contribution in [2.75, 3.05) is 0 Å². The minimum atomic E-state index is -3.40. The molecule has 0 aliphatic rings. The third-order valence-electron chi connectivity index (χ3n) is 4.38. The van der Waals surface area contributed by atoms with Crippen molar-refractivity contribution in [2.24, 2.45) is 0 Å². The summed E-state index contributed by atoms with van der Waals surface area (Å²) in [7, 11) is -3.40. The maximum atomic E-state index is 12.2. The van der Waals surface area contributed by atoms with Crippen LogP contribution < -0.4 is 4.72 Å². The second kappa shape index (κ2) is 14.2. The Morgan fingerprint density at radius 2 is 1.22 bits per heavy atom. The predicted octanol–water partition coefficient (Wildman–Crippen LogP) is 4.72. The lowest BCUT2D eigenvalue weighted by molar-refractivity contribution is 0.149. The average molecular weight is 350 g/mol. The molecule has 0 amide bonds. The fraction of sp³-hybridized carbons (Fsp3) is 1.00. The molecule has 140 valence electrons. The summed E-state index contributed by atoms with van der Waals surface area (Å²) in [4.78, 5) is 0. The average Bonchev–Trinajstić information content (AvgIpc) is 2.49. The highest BCUT2D eigenvalue weighted by Gasteiger charge is 2.22. The topological polar surface area (TPSA) is 66.4 Å². The van der Waals surface area contributed by atoms with Crippen molar-refractivity contribution >= 4 is 10.0 Å². The second-order valence-corrected chi connectivity index (χ2v) is 8.88. The van der Waals surface area contributed by atoms with Gasteiger partial charge >= 0.3 is 0 Å². The van der Waals surface area contributed by atoms with Gasteiger partial charge in [-0.3, -0.25) is 0 Å². The lowest BCUT2D eigenvalue weighted by Crippen LogP contribution is -2.39. The molecule has 0 saturated carbocycles. The minimum absolute atomic E-state index is 0.427. The van der Waals surface area contributed by atoms with Crippen LogP contribution in [0.15, 0.2) is 0 Å². The number of sulfonamides is 1. The Kier molecular flexibility index (Phi) is 14.2. The normalized spacial score (nSPS) is 14.8. The lowest BCUT2D eigenvalue weighted by atomic mass is 10.1. The summed E-state index contributed by atoms with van der Waals surface area (Å²) < 4.78 is 26.8. The van der Waals surface area contributed by atoms with E-state index in [9.17, 15) is 13.5 Å². The van der Waals surface area contributed by atoms with Gasteiger partial charge in [-0.1, -0.05) is 78.1 Å². The number of aliphatic hydroxyl groups excluding tert-OH is 1. The lowest BCUT2D eigenvalue weighted by Gasteiger charge is -2.17. The van der Waals surface area contributed by atoms with Gasteiger partial charge < -0.3 is 5.11 Å². The first-order chi connectivity index (χ1) is 10.9. The van der Waals surface area contributed by atoms with E-state index in [2.05, 4.69) is 18.6 Å². The zero-order valence-corrected chi connectivity index (χ0v) is 16.3. The van der Waals surface area contributed by atoms with Gasteiger partial charge in [0.1, 0.15) is 6.23 Å². The van der Waals surface area contributed by atoms with E-state index in [0.29, 0.717) is 12.8 Å². The Balaban J connectivity index is 3.86. The van der Waals surface area contributed by atoms with Crippen LogP contribution in [0.5, 0.6) is 0 Å². The summed E-state index contributed by atoms with van der Waals surface area (Å²) in [5.74, 6) is 0. The molecule has 2 atom stereocenters. The largest absolute Gasteiger partial charge is 0.378 e. The van der Waals surface area contributed by atoms with Crippen LogP contribution in [0.4, 0.5) is 0 Å². The Labute approximate surface area is 144 Å². The summed E-state index contributed by atoms with van der Waals surface area (Å²) >= 11 is 0. The first kappa shape index (κ1) is 22.9. The van der Waals surface area contributed by atoms with Crippen molar-refractivity contribution in [1.29, 1.82) is 0 Å². The standard InChI is InChI=1S/C18H39NO3S/c1-4-6-8-10-12-13-15-17(3)23(21,22)19-18(20)16-14-11-9-7-5-2/h17-20H,4-16H2,1-3H3/t17?,18-/m1/s1. The first-order valence-electron chi connectivity index (χ1n) is 9.63. The molecule has 0 saturated heterocycles. The molecule has 0 heterocycles. The maximum absolute atomic E-state index is 12.2. The maximum Gasteiger partial charge on any atom is 0.216 e. The van der Waals surface area contributed by atoms with Gasteiger partial charge in [0.05, 0.1) is 5.25 Å². The molecular formula is C18H39NO3S. The van der Waals surface area contributed by atoms with Gasteiger partial charge in [0.15, 0.2) is 0 Å². The summed E-state index contributed by atoms with van der Waals surface area (Å²) in [5.41, 5.74) is 0. The van der Waals surface area contributed by atoms with E-state index >= 15 is 0 Å². The third-order valence-corrected chi connectivity index (χ3v) is 6.27. The molecule has 0 aromatic heterocycles. The summed E-state index contributed by atoms with van der Waals surface area (Å²) in [6.45, 7) is 6.09. The van der Waals surface area contributed by atoms with E-state index < -0.39 is 21.5 Å². The van der Waals surface area contributed by atoms with Crippen molar-refractivity contribution in [3.8, 4) is 0 Å². The van der Waals surface area contributed by atoms with Gasteiger partial charge in [0, 0.05) is 0 Å². The zero-order chi connectivity index (χ0) is 17.6. The number of rotatable bonds is 16. The van der Waals surface area contributed by atoms with E-state index in [4.69, 9.17) is 0 Å². The Morgan fingerprint density at radius 1 is 0.783 bits per heavy atom. The van der Waals surface area contributed by atoms with E-state index in [-0.39, 0.29) is 0 Å². The van der Waals surface area contributed by atoms with Gasteiger partial charge in [0.25, 0.3) is 0 Å². The summed E-state index contributed by atoms with van der Waals surface area (Å²) in [6, 6.07) is 0. The third kappa shape index (κ3) is 12.9. The molecule has 0 fully saturated rings. The van der Waals surface area contributed by atoms with Crippen LogP contribution in [-0.4, -0.2) is 25.0 Å². The molecule has 0 bridgehead atoms. The molecule has 4 nitrogen and oxygen atoms in total. The molecule has 5 heteroatoms. The number of hydrogen-bond donors (Lipinski definition) is 2. The highest BCUT2D eigenvalue weighted by Crippen LogP contribution is 2.14. The van der Waals surface area contributed by atoms with E-state index in [1.165, 1.54) is 38.5 Å². The first-order valence-corrected chi connectivity index (χ1v) is 11.2. The molecular weight excluding hydrogens is 310 g/mol. The van der Waals surface area contributed by atoms with Crippen LogP contribution in [0.25, 0.3) is 0 Å². The smallest absolute Gasteiger partial charge is 0.216 e. The van der Waals surface area contributed by atoms with Gasteiger partial charge in [-0.05, 0) is 26.2 Å². The van der Waals surface area contributed by atoms with Crippen molar-refractivity contribution < 1.29 is 13.5 Å². The van der Waals surface area contributed by atoms with Gasteiger partial charge in [0.2, 0.25) is 10.0 Å². The van der Waals surface area contributed by atoms with Gasteiger partial charge in [-0.2, -0.15) is 4.72 Å². The predicted molar refractivity (Wildman–Crippen MR) is 98.9 cm³/mol. The van der Waals surface area contributed by atoms with Crippen LogP contribution in [0.2, 0.25) is 0 Å². The van der Waals surface area contributed by atoms with Crippen molar-refractivity contribution in [3.63, 3.8) is 0 Å². The minimum Gasteiger partial charge on any atom is -0.378 e. The van der Waals surface area contributed by atoms with Crippen molar-refractivity contribution in [2.45, 2.75) is 116 Å². The highest BCUT2D eigenvalue weighted by molar-refractivity contribution is 7.90. The fourth-order valence-corrected chi connectivity index (χ4v) is 3.88. The number of aliphatic hydroxyl groups is 1. The fourth-order valence-electron chi connectivity index (χ4n) is 2.67. The molecule has 0 aliphatic carbocycles. The van der Waals surface area contributed by atoms with E-state index in [1.807, 2.05) is 0 Å². The quantitative estimate of drug-likeness (QED) is 0.313. The Hall–Kier alpha value is -0.130. The van der Waals surface area contributed by atoms with Crippen LogP contribution in [0.1, 0.15) is 104 Å². The number of unbranched alkanes of at least 4 members (excludes halogenated alkanes) is 9. The summed E-state index contributed by atoms with van der Waals surface area (Å²) in [5, 5.41) is 9.44. The van der Waals surface area contributed by atoms with Crippen LogP contribution in [-0.2, 0) is 10.0 Å².